The molecule has 112 valence electrons. The summed E-state index contributed by atoms with van der Waals surface area (Å²) in [6, 6.07) is 3.31. The van der Waals surface area contributed by atoms with Crippen LogP contribution in [-0.4, -0.2) is 35.1 Å². The van der Waals surface area contributed by atoms with Crippen LogP contribution < -0.4 is 11.1 Å². The summed E-state index contributed by atoms with van der Waals surface area (Å²) in [6.45, 7) is 0.503. The molecule has 2 amide bonds. The fourth-order valence-electron chi connectivity index (χ4n) is 1.54. The zero-order valence-corrected chi connectivity index (χ0v) is 11.8. The van der Waals surface area contributed by atoms with Crippen molar-refractivity contribution in [2.75, 3.05) is 13.2 Å². The monoisotopic (exact) mass is 289 g/mol. The van der Waals surface area contributed by atoms with Gasteiger partial charge in [0.25, 0.3) is 5.91 Å². The summed E-state index contributed by atoms with van der Waals surface area (Å²) in [4.78, 5) is 26.4. The largest absolute Gasteiger partial charge is 0.395 e. The number of unbranched alkanes of at least 4 members (excludes halogenated alkanes) is 1. The zero-order chi connectivity index (χ0) is 15.5. The molecule has 0 unspecified atom stereocenters. The van der Waals surface area contributed by atoms with Gasteiger partial charge in [0.1, 0.15) is 5.69 Å². The maximum atomic E-state index is 11.8. The van der Waals surface area contributed by atoms with E-state index in [1.807, 2.05) is 0 Å². The molecule has 0 aliphatic heterocycles. The van der Waals surface area contributed by atoms with E-state index < -0.39 is 0 Å². The van der Waals surface area contributed by atoms with Gasteiger partial charge in [0.2, 0.25) is 5.91 Å². The fraction of sp³-hybridized carbons (Fsp3) is 0.400. The van der Waals surface area contributed by atoms with Crippen molar-refractivity contribution in [1.82, 2.24) is 10.3 Å². The number of rotatable bonds is 7. The normalized spacial score (nSPS) is 9.57. The van der Waals surface area contributed by atoms with Gasteiger partial charge in [-0.05, 0) is 25.0 Å². The molecule has 0 saturated heterocycles. The molecule has 0 spiro atoms. The molecular formula is C15H19N3O3. The predicted octanol–water partition coefficient (Wildman–Crippen LogP) is 0.201. The number of pyridine rings is 1. The lowest BCUT2D eigenvalue weighted by atomic mass is 10.2. The average Bonchev–Trinajstić information content (AvgIpc) is 2.47. The molecule has 0 saturated carbocycles. The van der Waals surface area contributed by atoms with Gasteiger partial charge in [-0.25, -0.2) is 4.98 Å². The van der Waals surface area contributed by atoms with Crippen LogP contribution in [0.3, 0.4) is 0 Å². The number of nitrogens with two attached hydrogens (primary N) is 1. The first kappa shape index (κ1) is 16.7. The van der Waals surface area contributed by atoms with Gasteiger partial charge in [-0.15, -0.1) is 0 Å². The number of hydrogen-bond donors (Lipinski definition) is 3. The Bertz CT molecular complexity index is 529. The second-order valence-electron chi connectivity index (χ2n) is 4.39. The Labute approximate surface area is 123 Å². The van der Waals surface area contributed by atoms with Gasteiger partial charge in [0.05, 0.1) is 6.61 Å². The van der Waals surface area contributed by atoms with E-state index in [4.69, 9.17) is 10.8 Å². The first-order chi connectivity index (χ1) is 10.1. The van der Waals surface area contributed by atoms with Gasteiger partial charge in [-0.2, -0.15) is 0 Å². The number of nitrogens with zero attached hydrogens (tertiary/aromatic N) is 1. The van der Waals surface area contributed by atoms with Gasteiger partial charge in [-0.1, -0.05) is 11.8 Å². The molecule has 4 N–H and O–H groups in total. The summed E-state index contributed by atoms with van der Waals surface area (Å²) < 4.78 is 0. The van der Waals surface area contributed by atoms with E-state index >= 15 is 0 Å². The third-order valence-electron chi connectivity index (χ3n) is 2.60. The number of nitrogens with one attached hydrogen (secondary N) is 1. The quantitative estimate of drug-likeness (QED) is 0.492. The Balaban J connectivity index is 2.38. The third kappa shape index (κ3) is 7.09. The van der Waals surface area contributed by atoms with E-state index in [0.717, 1.165) is 0 Å². The van der Waals surface area contributed by atoms with Crippen LogP contribution in [0.4, 0.5) is 0 Å². The molecule has 0 radical (unpaired) electrons. The van der Waals surface area contributed by atoms with Crippen LogP contribution in [0.2, 0.25) is 0 Å². The smallest absolute Gasteiger partial charge is 0.269 e. The lowest BCUT2D eigenvalue weighted by Crippen LogP contribution is -2.25. The second kappa shape index (κ2) is 9.50. The Hall–Kier alpha value is -2.39. The predicted molar refractivity (Wildman–Crippen MR) is 78.2 cm³/mol. The third-order valence-corrected chi connectivity index (χ3v) is 2.60. The molecule has 0 aliphatic rings. The van der Waals surface area contributed by atoms with Gasteiger partial charge in [0, 0.05) is 31.1 Å². The number of amides is 2. The fourth-order valence-corrected chi connectivity index (χ4v) is 1.54. The number of aliphatic hydroxyl groups is 1. The van der Waals surface area contributed by atoms with Crippen molar-refractivity contribution < 1.29 is 14.7 Å². The second-order valence-corrected chi connectivity index (χ2v) is 4.39. The highest BCUT2D eigenvalue weighted by molar-refractivity contribution is 5.92. The van der Waals surface area contributed by atoms with E-state index in [9.17, 15) is 9.59 Å². The van der Waals surface area contributed by atoms with Gasteiger partial charge in [0.15, 0.2) is 0 Å². The van der Waals surface area contributed by atoms with Crippen LogP contribution in [-0.2, 0) is 4.79 Å². The summed E-state index contributed by atoms with van der Waals surface area (Å²) in [5, 5.41) is 11.3. The Kier molecular flexibility index (Phi) is 7.54. The van der Waals surface area contributed by atoms with E-state index in [1.165, 1.54) is 6.20 Å². The molecule has 21 heavy (non-hydrogen) atoms. The Morgan fingerprint density at radius 3 is 2.76 bits per heavy atom. The van der Waals surface area contributed by atoms with Crippen molar-refractivity contribution in [1.29, 1.82) is 0 Å². The van der Waals surface area contributed by atoms with Crippen molar-refractivity contribution in [2.45, 2.75) is 25.7 Å². The van der Waals surface area contributed by atoms with Crippen LogP contribution >= 0.6 is 0 Å². The molecule has 0 aliphatic carbocycles. The molecule has 1 heterocycles. The molecule has 0 atom stereocenters. The summed E-state index contributed by atoms with van der Waals surface area (Å²) in [7, 11) is 0. The van der Waals surface area contributed by atoms with Gasteiger partial charge in [-0.3, -0.25) is 9.59 Å². The number of carbonyl (C=O) groups is 2. The highest BCUT2D eigenvalue weighted by Crippen LogP contribution is 2.00. The van der Waals surface area contributed by atoms with Gasteiger partial charge >= 0.3 is 0 Å². The van der Waals surface area contributed by atoms with Crippen molar-refractivity contribution in [3.8, 4) is 11.8 Å². The van der Waals surface area contributed by atoms with Crippen LogP contribution in [0.25, 0.3) is 0 Å². The number of hydrogen-bond acceptors (Lipinski definition) is 4. The molecule has 6 heteroatoms. The minimum Gasteiger partial charge on any atom is -0.395 e. The van der Waals surface area contributed by atoms with E-state index in [2.05, 4.69) is 22.1 Å². The van der Waals surface area contributed by atoms with E-state index in [1.54, 1.807) is 12.1 Å². The molecule has 1 aromatic heterocycles. The first-order valence-electron chi connectivity index (χ1n) is 6.75. The molecule has 0 aromatic carbocycles. The number of aliphatic hydroxyl groups excluding tert-OH is 1. The lowest BCUT2D eigenvalue weighted by Gasteiger charge is -2.04. The number of aromatic nitrogens is 1. The molecule has 0 fully saturated rings. The number of primary amides is 1. The first-order valence-corrected chi connectivity index (χ1v) is 6.75. The van der Waals surface area contributed by atoms with Crippen LogP contribution in [0.5, 0.6) is 0 Å². The highest BCUT2D eigenvalue weighted by atomic mass is 16.2. The van der Waals surface area contributed by atoms with E-state index in [-0.39, 0.29) is 18.4 Å². The van der Waals surface area contributed by atoms with Crippen molar-refractivity contribution in [3.63, 3.8) is 0 Å². The average molecular weight is 289 g/mol. The highest BCUT2D eigenvalue weighted by Gasteiger charge is 2.05. The summed E-state index contributed by atoms with van der Waals surface area (Å²) >= 11 is 0. The molecular weight excluding hydrogens is 270 g/mol. The number of carbonyl (C=O) groups excluding carboxylic acids is 2. The van der Waals surface area contributed by atoms with Crippen molar-refractivity contribution in [3.05, 3.63) is 29.6 Å². The molecule has 6 nitrogen and oxygen atoms in total. The van der Waals surface area contributed by atoms with Crippen LogP contribution in [0.1, 0.15) is 41.7 Å². The van der Waals surface area contributed by atoms with Crippen LogP contribution in [0, 0.1) is 11.8 Å². The van der Waals surface area contributed by atoms with Crippen molar-refractivity contribution >= 4 is 11.8 Å². The Morgan fingerprint density at radius 2 is 2.14 bits per heavy atom. The summed E-state index contributed by atoms with van der Waals surface area (Å²) in [6.07, 6.45) is 3.61. The maximum Gasteiger partial charge on any atom is 0.269 e. The van der Waals surface area contributed by atoms with Gasteiger partial charge < -0.3 is 16.2 Å². The SMILES string of the molecule is NC(=O)CCCCNC(=O)c1ccc(C#CCCO)cn1. The maximum absolute atomic E-state index is 11.8. The summed E-state index contributed by atoms with van der Waals surface area (Å²) in [5.74, 6) is 5.02. The van der Waals surface area contributed by atoms with Crippen molar-refractivity contribution in [2.24, 2.45) is 5.73 Å². The topological polar surface area (TPSA) is 105 Å². The molecule has 0 bridgehead atoms. The van der Waals surface area contributed by atoms with Crippen LogP contribution in [0.15, 0.2) is 18.3 Å². The molecule has 1 rings (SSSR count). The molecule has 1 aromatic rings. The standard InChI is InChI=1S/C15H19N3O3/c16-14(20)6-1-3-9-17-15(21)13-8-7-12(11-18-13)5-2-4-10-19/h7-8,11,19H,1,3-4,6,9-10H2,(H2,16,20)(H,17,21). The summed E-state index contributed by atoms with van der Waals surface area (Å²) in [5.41, 5.74) is 6.04. The minimum absolute atomic E-state index is 0.0245. The zero-order valence-electron chi connectivity index (χ0n) is 11.8. The lowest BCUT2D eigenvalue weighted by molar-refractivity contribution is -0.118. The van der Waals surface area contributed by atoms with E-state index in [0.29, 0.717) is 43.5 Å². The minimum atomic E-state index is -0.333. The Morgan fingerprint density at radius 1 is 1.33 bits per heavy atom.